The van der Waals surface area contributed by atoms with Crippen molar-refractivity contribution in [3.63, 3.8) is 0 Å². The van der Waals surface area contributed by atoms with Crippen LogP contribution in [0.25, 0.3) is 0 Å². The van der Waals surface area contributed by atoms with E-state index in [1.165, 1.54) is 11.1 Å². The topological polar surface area (TPSA) is 9.23 Å². The molecule has 0 spiro atoms. The monoisotopic (exact) mass is 320 g/mol. The van der Waals surface area contributed by atoms with Crippen LogP contribution < -0.4 is 0 Å². The van der Waals surface area contributed by atoms with Gasteiger partial charge >= 0.3 is 0 Å². The summed E-state index contributed by atoms with van der Waals surface area (Å²) in [6.07, 6.45) is 0. The molecule has 94 valence electrons. The van der Waals surface area contributed by atoms with Crippen LogP contribution in [-0.2, 0) is 4.43 Å². The molecule has 18 heavy (non-hydrogen) atoms. The van der Waals surface area contributed by atoms with Crippen molar-refractivity contribution < 1.29 is 4.43 Å². The molecule has 0 atom stereocenters. The van der Waals surface area contributed by atoms with E-state index in [0.29, 0.717) is 5.92 Å². The van der Waals surface area contributed by atoms with Crippen LogP contribution in [0.2, 0.25) is 0 Å². The molecule has 0 saturated heterocycles. The molecule has 0 aliphatic rings. The van der Waals surface area contributed by atoms with Crippen molar-refractivity contribution in [1.82, 2.24) is 0 Å². The quantitative estimate of drug-likeness (QED) is 0.451. The molecule has 0 amide bonds. The van der Waals surface area contributed by atoms with Crippen LogP contribution in [0.5, 0.6) is 0 Å². The minimum atomic E-state index is -0.414. The molecule has 0 aromatic heterocycles. The van der Waals surface area contributed by atoms with Crippen LogP contribution in [0.15, 0.2) is 60.7 Å². The lowest BCUT2D eigenvalue weighted by Crippen LogP contribution is -2.12. The average Bonchev–Trinajstić information content (AvgIpc) is 2.46. The van der Waals surface area contributed by atoms with Gasteiger partial charge in [0.05, 0.1) is 0 Å². The Balaban J connectivity index is 2.18. The molecule has 0 bridgehead atoms. The molecule has 1 nitrogen and oxygen atoms in total. The van der Waals surface area contributed by atoms with E-state index in [0.717, 1.165) is 11.6 Å². The van der Waals surface area contributed by atoms with Gasteiger partial charge in [0.15, 0.2) is 9.76 Å². The number of alkyl halides is 1. The second-order valence-electron chi connectivity index (χ2n) is 4.14. The Labute approximate surface area is 119 Å². The first-order valence-corrected chi connectivity index (χ1v) is 8.85. The van der Waals surface area contributed by atoms with Crippen LogP contribution in [0.3, 0.4) is 0 Å². The van der Waals surface area contributed by atoms with Gasteiger partial charge in [0.1, 0.15) is 0 Å². The Hall–Kier alpha value is -0.903. The number of hydrogen-bond donors (Lipinski definition) is 0. The molecule has 0 aliphatic carbocycles. The summed E-state index contributed by atoms with van der Waals surface area (Å²) in [6, 6.07) is 21.2. The Morgan fingerprint density at radius 2 is 1.39 bits per heavy atom. The fraction of sp³-hybridized carbons (Fsp3) is 0.200. The second kappa shape index (κ2) is 7.51. The SMILES string of the molecule is BrC[SiH2]OCC(c1ccccc1)c1ccccc1. The molecule has 0 heterocycles. The normalized spacial score (nSPS) is 11.4. The zero-order valence-corrected chi connectivity index (χ0v) is 13.3. The zero-order valence-electron chi connectivity index (χ0n) is 10.3. The van der Waals surface area contributed by atoms with Gasteiger partial charge in [-0.15, -0.1) is 0 Å². The van der Waals surface area contributed by atoms with Gasteiger partial charge in [0.25, 0.3) is 0 Å². The second-order valence-corrected chi connectivity index (χ2v) is 7.71. The van der Waals surface area contributed by atoms with E-state index in [2.05, 4.69) is 76.6 Å². The standard InChI is InChI=1S/C15H17BrOSi/c16-12-18-17-11-15(13-7-3-1-4-8-13)14-9-5-2-6-10-14/h1-10,15H,11-12,18H2. The van der Waals surface area contributed by atoms with Crippen molar-refractivity contribution in [2.75, 3.05) is 11.6 Å². The maximum absolute atomic E-state index is 5.85. The average molecular weight is 321 g/mol. The van der Waals surface area contributed by atoms with Crippen molar-refractivity contribution in [1.29, 1.82) is 0 Å². The van der Waals surface area contributed by atoms with Gasteiger partial charge in [-0.1, -0.05) is 76.6 Å². The Morgan fingerprint density at radius 1 is 0.889 bits per heavy atom. The summed E-state index contributed by atoms with van der Waals surface area (Å²) in [5, 5.41) is 0. The van der Waals surface area contributed by atoms with E-state index in [4.69, 9.17) is 4.43 Å². The van der Waals surface area contributed by atoms with E-state index in [1.807, 2.05) is 0 Å². The maximum Gasteiger partial charge on any atom is 0.171 e. The van der Waals surface area contributed by atoms with Crippen LogP contribution in [0, 0.1) is 0 Å². The van der Waals surface area contributed by atoms with Gasteiger partial charge < -0.3 is 4.43 Å². The third kappa shape index (κ3) is 3.80. The molecule has 0 fully saturated rings. The number of hydrogen-bond acceptors (Lipinski definition) is 1. The number of rotatable bonds is 6. The third-order valence-electron chi connectivity index (χ3n) is 2.91. The van der Waals surface area contributed by atoms with Crippen molar-refractivity contribution in [2.24, 2.45) is 0 Å². The number of halogens is 1. The largest absolute Gasteiger partial charge is 0.422 e. The van der Waals surface area contributed by atoms with Crippen molar-refractivity contribution in [2.45, 2.75) is 5.92 Å². The Kier molecular flexibility index (Phi) is 5.65. The molecular formula is C15H17BrOSi. The van der Waals surface area contributed by atoms with Gasteiger partial charge in [0, 0.05) is 17.5 Å². The molecule has 3 heteroatoms. The molecule has 0 saturated carbocycles. The van der Waals surface area contributed by atoms with Gasteiger partial charge in [-0.2, -0.15) is 0 Å². The summed E-state index contributed by atoms with van der Waals surface area (Å²) in [5.41, 5.74) is 2.65. The summed E-state index contributed by atoms with van der Waals surface area (Å²) in [4.78, 5) is 1.02. The summed E-state index contributed by atoms with van der Waals surface area (Å²) >= 11 is 3.45. The molecule has 2 rings (SSSR count). The zero-order chi connectivity index (χ0) is 12.6. The Bertz CT molecular complexity index is 407. The van der Waals surface area contributed by atoms with Crippen LogP contribution in [-0.4, -0.2) is 21.3 Å². The third-order valence-corrected chi connectivity index (χ3v) is 4.56. The lowest BCUT2D eigenvalue weighted by Gasteiger charge is -2.18. The highest BCUT2D eigenvalue weighted by Crippen LogP contribution is 2.24. The predicted molar refractivity (Wildman–Crippen MR) is 83.0 cm³/mol. The molecular weight excluding hydrogens is 304 g/mol. The first-order chi connectivity index (χ1) is 8.92. The molecule has 0 unspecified atom stereocenters. The van der Waals surface area contributed by atoms with E-state index < -0.39 is 9.76 Å². The first-order valence-electron chi connectivity index (χ1n) is 6.15. The minimum Gasteiger partial charge on any atom is -0.422 e. The lowest BCUT2D eigenvalue weighted by atomic mass is 9.92. The Morgan fingerprint density at radius 3 is 1.83 bits per heavy atom. The van der Waals surface area contributed by atoms with E-state index in [9.17, 15) is 0 Å². The van der Waals surface area contributed by atoms with Gasteiger partial charge in [-0.3, -0.25) is 0 Å². The summed E-state index contributed by atoms with van der Waals surface area (Å²) < 4.78 is 5.85. The highest BCUT2D eigenvalue weighted by molar-refractivity contribution is 9.09. The van der Waals surface area contributed by atoms with Gasteiger partial charge in [0.2, 0.25) is 0 Å². The molecule has 0 radical (unpaired) electrons. The highest BCUT2D eigenvalue weighted by atomic mass is 79.9. The van der Waals surface area contributed by atoms with E-state index in [1.54, 1.807) is 0 Å². The lowest BCUT2D eigenvalue weighted by molar-refractivity contribution is 0.322. The molecule has 0 aliphatic heterocycles. The van der Waals surface area contributed by atoms with E-state index in [-0.39, 0.29) is 0 Å². The number of benzene rings is 2. The predicted octanol–water partition coefficient (Wildman–Crippen LogP) is 3.27. The fourth-order valence-corrected chi connectivity index (χ4v) is 3.21. The summed E-state index contributed by atoms with van der Waals surface area (Å²) in [5.74, 6) is 0.346. The summed E-state index contributed by atoms with van der Waals surface area (Å²) in [6.45, 7) is 0.784. The van der Waals surface area contributed by atoms with Gasteiger partial charge in [-0.05, 0) is 11.1 Å². The van der Waals surface area contributed by atoms with Crippen LogP contribution in [0.1, 0.15) is 17.0 Å². The first kappa shape index (κ1) is 13.5. The molecule has 2 aromatic carbocycles. The molecule has 2 aromatic rings. The van der Waals surface area contributed by atoms with Crippen molar-refractivity contribution >= 4 is 25.7 Å². The van der Waals surface area contributed by atoms with Crippen molar-refractivity contribution in [3.8, 4) is 0 Å². The minimum absolute atomic E-state index is 0.346. The van der Waals surface area contributed by atoms with Crippen LogP contribution >= 0.6 is 15.9 Å². The van der Waals surface area contributed by atoms with Crippen molar-refractivity contribution in [3.05, 3.63) is 71.8 Å². The fourth-order valence-electron chi connectivity index (χ4n) is 2.01. The smallest absolute Gasteiger partial charge is 0.171 e. The van der Waals surface area contributed by atoms with Gasteiger partial charge in [-0.25, -0.2) is 0 Å². The maximum atomic E-state index is 5.85. The highest BCUT2D eigenvalue weighted by Gasteiger charge is 2.13. The molecule has 0 N–H and O–H groups in total. The van der Waals surface area contributed by atoms with E-state index >= 15 is 0 Å². The summed E-state index contributed by atoms with van der Waals surface area (Å²) in [7, 11) is -0.414. The van der Waals surface area contributed by atoms with Crippen LogP contribution in [0.4, 0.5) is 0 Å².